The standard InChI is InChI=1S/C16H23NO/c1-13(17-12-8-11-16(2,3)4)15(18)14-9-6-5-7-10-14/h5-7,9-10,13,15,17-18H,12H2,1-4H3/p+1/t13-,15-/m0/s1. The van der Waals surface area contributed by atoms with E-state index in [0.29, 0.717) is 0 Å². The van der Waals surface area contributed by atoms with E-state index in [1.54, 1.807) is 0 Å². The third kappa shape index (κ3) is 5.35. The van der Waals surface area contributed by atoms with Crippen molar-refractivity contribution in [3.05, 3.63) is 35.9 Å². The van der Waals surface area contributed by atoms with Crippen LogP contribution in [0.15, 0.2) is 30.3 Å². The average molecular weight is 246 g/mol. The molecule has 2 nitrogen and oxygen atoms in total. The summed E-state index contributed by atoms with van der Waals surface area (Å²) in [4.78, 5) is 0. The molecule has 2 atom stereocenters. The van der Waals surface area contributed by atoms with Crippen LogP contribution < -0.4 is 5.32 Å². The summed E-state index contributed by atoms with van der Waals surface area (Å²) in [6.45, 7) is 9.05. The highest BCUT2D eigenvalue weighted by Crippen LogP contribution is 2.13. The number of hydrogen-bond donors (Lipinski definition) is 2. The molecular formula is C16H24NO+. The lowest BCUT2D eigenvalue weighted by Gasteiger charge is -2.16. The van der Waals surface area contributed by atoms with Gasteiger partial charge in [-0.05, 0) is 39.2 Å². The molecule has 3 N–H and O–H groups in total. The summed E-state index contributed by atoms with van der Waals surface area (Å²) in [6, 6.07) is 9.88. The first-order valence-electron chi connectivity index (χ1n) is 6.46. The zero-order valence-corrected chi connectivity index (χ0v) is 11.8. The van der Waals surface area contributed by atoms with Crippen LogP contribution in [0.3, 0.4) is 0 Å². The Labute approximate surface area is 110 Å². The molecule has 0 fully saturated rings. The fraction of sp³-hybridized carbons (Fsp3) is 0.500. The Kier molecular flexibility index (Phi) is 5.40. The van der Waals surface area contributed by atoms with Crippen LogP contribution >= 0.6 is 0 Å². The van der Waals surface area contributed by atoms with E-state index in [2.05, 4.69) is 37.9 Å². The lowest BCUT2D eigenvalue weighted by atomic mass is 9.98. The molecule has 0 aliphatic carbocycles. The smallest absolute Gasteiger partial charge is 0.138 e. The largest absolute Gasteiger partial charge is 0.382 e. The van der Waals surface area contributed by atoms with Crippen LogP contribution in [0.25, 0.3) is 0 Å². The van der Waals surface area contributed by atoms with E-state index in [1.807, 2.05) is 37.3 Å². The van der Waals surface area contributed by atoms with Crippen LogP contribution in [0, 0.1) is 17.3 Å². The van der Waals surface area contributed by atoms with Crippen molar-refractivity contribution in [1.82, 2.24) is 0 Å². The third-order valence-corrected chi connectivity index (χ3v) is 2.69. The normalized spacial score (nSPS) is 14.5. The second kappa shape index (κ2) is 6.58. The summed E-state index contributed by atoms with van der Waals surface area (Å²) in [5.41, 5.74) is 1.01. The first-order valence-corrected chi connectivity index (χ1v) is 6.46. The predicted molar refractivity (Wildman–Crippen MR) is 74.9 cm³/mol. The fourth-order valence-electron chi connectivity index (χ4n) is 1.64. The Morgan fingerprint density at radius 3 is 2.39 bits per heavy atom. The van der Waals surface area contributed by atoms with Gasteiger partial charge >= 0.3 is 0 Å². The van der Waals surface area contributed by atoms with Crippen molar-refractivity contribution in [2.75, 3.05) is 6.54 Å². The number of benzene rings is 1. The van der Waals surface area contributed by atoms with Gasteiger partial charge in [0.15, 0.2) is 0 Å². The molecule has 98 valence electrons. The molecule has 0 heterocycles. The van der Waals surface area contributed by atoms with Crippen molar-refractivity contribution >= 4 is 0 Å². The lowest BCUT2D eigenvalue weighted by Crippen LogP contribution is -2.90. The number of aliphatic hydroxyl groups excluding tert-OH is 1. The van der Waals surface area contributed by atoms with Crippen LogP contribution in [0.1, 0.15) is 39.4 Å². The molecule has 0 radical (unpaired) electrons. The van der Waals surface area contributed by atoms with E-state index in [1.165, 1.54) is 0 Å². The van der Waals surface area contributed by atoms with E-state index in [9.17, 15) is 5.11 Å². The number of rotatable bonds is 4. The maximum Gasteiger partial charge on any atom is 0.138 e. The number of nitrogens with two attached hydrogens (primary N) is 1. The molecule has 0 bridgehead atoms. The molecule has 18 heavy (non-hydrogen) atoms. The Hall–Kier alpha value is -1.30. The van der Waals surface area contributed by atoms with Gasteiger partial charge < -0.3 is 10.4 Å². The van der Waals surface area contributed by atoms with E-state index in [0.717, 1.165) is 12.1 Å². The van der Waals surface area contributed by atoms with Crippen molar-refractivity contribution in [2.45, 2.75) is 39.8 Å². The minimum absolute atomic E-state index is 0.0507. The minimum atomic E-state index is -0.442. The monoisotopic (exact) mass is 246 g/mol. The fourth-order valence-corrected chi connectivity index (χ4v) is 1.64. The highest BCUT2D eigenvalue weighted by molar-refractivity contribution is 5.17. The maximum atomic E-state index is 10.2. The maximum absolute atomic E-state index is 10.2. The highest BCUT2D eigenvalue weighted by Gasteiger charge is 2.18. The van der Waals surface area contributed by atoms with E-state index in [4.69, 9.17) is 0 Å². The Balaban J connectivity index is 2.46. The molecular weight excluding hydrogens is 222 g/mol. The van der Waals surface area contributed by atoms with Crippen LogP contribution in [-0.2, 0) is 0 Å². The molecule has 1 rings (SSSR count). The van der Waals surface area contributed by atoms with Gasteiger partial charge in [0.2, 0.25) is 0 Å². The summed E-state index contributed by atoms with van der Waals surface area (Å²) in [6.07, 6.45) is -0.442. The molecule has 0 saturated heterocycles. The Morgan fingerprint density at radius 2 is 1.83 bits per heavy atom. The van der Waals surface area contributed by atoms with Gasteiger partial charge in [0.25, 0.3) is 0 Å². The quantitative estimate of drug-likeness (QED) is 0.780. The van der Waals surface area contributed by atoms with E-state index < -0.39 is 6.10 Å². The molecule has 0 aliphatic heterocycles. The second-order valence-electron chi connectivity index (χ2n) is 5.71. The van der Waals surface area contributed by atoms with E-state index in [-0.39, 0.29) is 11.5 Å². The van der Waals surface area contributed by atoms with Gasteiger partial charge in [-0.3, -0.25) is 0 Å². The first kappa shape index (κ1) is 14.8. The molecule has 0 aliphatic rings. The minimum Gasteiger partial charge on any atom is -0.382 e. The van der Waals surface area contributed by atoms with Crippen molar-refractivity contribution < 1.29 is 10.4 Å². The third-order valence-electron chi connectivity index (χ3n) is 2.69. The molecule has 1 aromatic carbocycles. The summed E-state index contributed by atoms with van der Waals surface area (Å²) in [5, 5.41) is 12.2. The van der Waals surface area contributed by atoms with Crippen LogP contribution in [0.2, 0.25) is 0 Å². The van der Waals surface area contributed by atoms with Crippen molar-refractivity contribution in [3.63, 3.8) is 0 Å². The zero-order valence-electron chi connectivity index (χ0n) is 11.8. The van der Waals surface area contributed by atoms with Crippen molar-refractivity contribution in [3.8, 4) is 11.8 Å². The van der Waals surface area contributed by atoms with Crippen LogP contribution in [-0.4, -0.2) is 17.7 Å². The van der Waals surface area contributed by atoms with Gasteiger partial charge in [0, 0.05) is 5.41 Å². The van der Waals surface area contributed by atoms with Crippen LogP contribution in [0.5, 0.6) is 0 Å². The van der Waals surface area contributed by atoms with E-state index >= 15 is 0 Å². The highest BCUT2D eigenvalue weighted by atomic mass is 16.3. The Bertz CT molecular complexity index is 408. The molecule has 1 aromatic rings. The molecule has 0 saturated carbocycles. The summed E-state index contributed by atoms with van der Waals surface area (Å²) < 4.78 is 0. The van der Waals surface area contributed by atoms with Gasteiger partial charge in [-0.2, -0.15) is 0 Å². The van der Waals surface area contributed by atoms with Gasteiger partial charge in [-0.25, -0.2) is 0 Å². The molecule has 2 heteroatoms. The van der Waals surface area contributed by atoms with Crippen LogP contribution in [0.4, 0.5) is 0 Å². The van der Waals surface area contributed by atoms with Gasteiger partial charge in [-0.15, -0.1) is 0 Å². The molecule has 0 spiro atoms. The van der Waals surface area contributed by atoms with Crippen molar-refractivity contribution in [1.29, 1.82) is 0 Å². The summed E-state index contributed by atoms with van der Waals surface area (Å²) in [5.74, 6) is 6.34. The summed E-state index contributed by atoms with van der Waals surface area (Å²) in [7, 11) is 0. The molecule has 0 unspecified atom stereocenters. The average Bonchev–Trinajstić information content (AvgIpc) is 2.33. The Morgan fingerprint density at radius 1 is 1.22 bits per heavy atom. The number of hydrogen-bond acceptors (Lipinski definition) is 1. The van der Waals surface area contributed by atoms with Crippen molar-refractivity contribution in [2.24, 2.45) is 5.41 Å². The lowest BCUT2D eigenvalue weighted by molar-refractivity contribution is -0.684. The predicted octanol–water partition coefficient (Wildman–Crippen LogP) is 1.72. The molecule has 0 aromatic heterocycles. The zero-order chi connectivity index (χ0) is 13.6. The van der Waals surface area contributed by atoms with Gasteiger partial charge in [0.05, 0.1) is 0 Å². The number of aliphatic hydroxyl groups is 1. The van der Waals surface area contributed by atoms with Gasteiger partial charge in [-0.1, -0.05) is 36.3 Å². The second-order valence-corrected chi connectivity index (χ2v) is 5.71. The van der Waals surface area contributed by atoms with Gasteiger partial charge in [0.1, 0.15) is 18.7 Å². The SMILES string of the molecule is C[C@H]([NH2+]CC#CC(C)(C)C)[C@H](O)c1ccccc1. The molecule has 0 amide bonds. The topological polar surface area (TPSA) is 36.8 Å². The summed E-state index contributed by atoms with van der Waals surface area (Å²) >= 11 is 0. The number of quaternary nitrogens is 1. The first-order chi connectivity index (χ1) is 8.40.